The normalized spacial score (nSPS) is 10.5. The third-order valence-electron chi connectivity index (χ3n) is 1.73. The summed E-state index contributed by atoms with van der Waals surface area (Å²) in [5.41, 5.74) is 0.886. The molecule has 1 N–H and O–H groups in total. The van der Waals surface area contributed by atoms with Crippen LogP contribution in [0.3, 0.4) is 0 Å². The number of aryl methyl sites for hydroxylation is 1. The van der Waals surface area contributed by atoms with Crippen molar-refractivity contribution in [3.05, 3.63) is 18.2 Å². The van der Waals surface area contributed by atoms with E-state index in [2.05, 4.69) is 10.3 Å². The molecule has 0 saturated carbocycles. The van der Waals surface area contributed by atoms with E-state index in [0.717, 1.165) is 5.69 Å². The molecule has 0 atom stereocenters. The standard InChI is InChI=1S/C9H15N3O/c1-7(2)9(13)10-4-8-5-12(3)6-11-8/h5-7H,4H2,1-3H3,(H,10,13). The first-order valence-electron chi connectivity index (χ1n) is 4.34. The van der Waals surface area contributed by atoms with E-state index in [-0.39, 0.29) is 11.8 Å². The van der Waals surface area contributed by atoms with E-state index in [0.29, 0.717) is 6.54 Å². The number of hydrogen-bond donors (Lipinski definition) is 1. The van der Waals surface area contributed by atoms with Crippen molar-refractivity contribution in [2.75, 3.05) is 0 Å². The summed E-state index contributed by atoms with van der Waals surface area (Å²) in [6.45, 7) is 4.25. The molecular formula is C9H15N3O. The number of imidazole rings is 1. The second-order valence-electron chi connectivity index (χ2n) is 3.40. The van der Waals surface area contributed by atoms with Gasteiger partial charge in [0.1, 0.15) is 0 Å². The Labute approximate surface area is 78.0 Å². The Balaban J connectivity index is 2.39. The average molecular weight is 181 g/mol. The molecule has 4 nitrogen and oxygen atoms in total. The molecule has 1 aromatic heterocycles. The maximum Gasteiger partial charge on any atom is 0.222 e. The van der Waals surface area contributed by atoms with Crippen LogP contribution >= 0.6 is 0 Å². The predicted molar refractivity (Wildman–Crippen MR) is 49.9 cm³/mol. The largest absolute Gasteiger partial charge is 0.350 e. The smallest absolute Gasteiger partial charge is 0.222 e. The lowest BCUT2D eigenvalue weighted by Crippen LogP contribution is -2.27. The molecule has 0 aliphatic carbocycles. The van der Waals surface area contributed by atoms with Crippen LogP contribution in [0.4, 0.5) is 0 Å². The summed E-state index contributed by atoms with van der Waals surface area (Å²) in [6, 6.07) is 0. The van der Waals surface area contributed by atoms with Gasteiger partial charge in [0.2, 0.25) is 5.91 Å². The number of carbonyl (C=O) groups excluding carboxylic acids is 1. The second-order valence-corrected chi connectivity index (χ2v) is 3.40. The molecule has 72 valence electrons. The molecule has 0 aromatic carbocycles. The summed E-state index contributed by atoms with van der Waals surface area (Å²) < 4.78 is 1.86. The number of nitrogens with one attached hydrogen (secondary N) is 1. The average Bonchev–Trinajstić information content (AvgIpc) is 2.47. The summed E-state index contributed by atoms with van der Waals surface area (Å²) in [5.74, 6) is 0.0920. The minimum Gasteiger partial charge on any atom is -0.350 e. The van der Waals surface area contributed by atoms with Crippen LogP contribution in [0.1, 0.15) is 19.5 Å². The van der Waals surface area contributed by atoms with Crippen molar-refractivity contribution in [1.29, 1.82) is 0 Å². The number of hydrogen-bond acceptors (Lipinski definition) is 2. The summed E-state index contributed by atoms with van der Waals surface area (Å²) in [6.07, 6.45) is 3.61. The van der Waals surface area contributed by atoms with Gasteiger partial charge in [0.15, 0.2) is 0 Å². The highest BCUT2D eigenvalue weighted by atomic mass is 16.1. The Morgan fingerprint density at radius 2 is 2.38 bits per heavy atom. The molecule has 0 saturated heterocycles. The van der Waals surface area contributed by atoms with Gasteiger partial charge in [0.25, 0.3) is 0 Å². The van der Waals surface area contributed by atoms with Crippen molar-refractivity contribution in [3.63, 3.8) is 0 Å². The van der Waals surface area contributed by atoms with E-state index in [1.807, 2.05) is 31.7 Å². The molecule has 1 aromatic rings. The zero-order chi connectivity index (χ0) is 9.84. The Hall–Kier alpha value is -1.32. The van der Waals surface area contributed by atoms with Gasteiger partial charge in [-0.2, -0.15) is 0 Å². The van der Waals surface area contributed by atoms with Crippen LogP contribution in [0.25, 0.3) is 0 Å². The lowest BCUT2D eigenvalue weighted by molar-refractivity contribution is -0.124. The van der Waals surface area contributed by atoms with E-state index in [9.17, 15) is 4.79 Å². The quantitative estimate of drug-likeness (QED) is 0.745. The number of nitrogens with zero attached hydrogens (tertiary/aromatic N) is 2. The van der Waals surface area contributed by atoms with Gasteiger partial charge >= 0.3 is 0 Å². The van der Waals surface area contributed by atoms with Gasteiger partial charge in [0.05, 0.1) is 18.6 Å². The monoisotopic (exact) mass is 181 g/mol. The fourth-order valence-electron chi connectivity index (χ4n) is 0.940. The van der Waals surface area contributed by atoms with Crippen LogP contribution in [-0.2, 0) is 18.4 Å². The Morgan fingerprint density at radius 3 is 2.85 bits per heavy atom. The predicted octanol–water partition coefficient (Wildman–Crippen LogP) is 0.692. The first kappa shape index (κ1) is 9.77. The fraction of sp³-hybridized carbons (Fsp3) is 0.556. The SMILES string of the molecule is CC(C)C(=O)NCc1cn(C)cn1. The first-order chi connectivity index (χ1) is 6.09. The van der Waals surface area contributed by atoms with Crippen molar-refractivity contribution in [2.45, 2.75) is 20.4 Å². The first-order valence-corrected chi connectivity index (χ1v) is 4.34. The van der Waals surface area contributed by atoms with Gasteiger partial charge < -0.3 is 9.88 Å². The van der Waals surface area contributed by atoms with E-state index < -0.39 is 0 Å². The molecule has 1 rings (SSSR count). The van der Waals surface area contributed by atoms with Crippen molar-refractivity contribution in [2.24, 2.45) is 13.0 Å². The van der Waals surface area contributed by atoms with Gasteiger partial charge in [-0.25, -0.2) is 4.98 Å². The Bertz CT molecular complexity index is 291. The molecular weight excluding hydrogens is 166 g/mol. The Morgan fingerprint density at radius 1 is 1.69 bits per heavy atom. The van der Waals surface area contributed by atoms with Crippen LogP contribution in [0.2, 0.25) is 0 Å². The van der Waals surface area contributed by atoms with Gasteiger partial charge in [-0.3, -0.25) is 4.79 Å². The molecule has 1 heterocycles. The lowest BCUT2D eigenvalue weighted by Gasteiger charge is -2.04. The zero-order valence-corrected chi connectivity index (χ0v) is 8.24. The third-order valence-corrected chi connectivity index (χ3v) is 1.73. The van der Waals surface area contributed by atoms with Gasteiger partial charge in [-0.15, -0.1) is 0 Å². The molecule has 0 spiro atoms. The molecule has 1 amide bonds. The summed E-state index contributed by atoms with van der Waals surface area (Å²) in [7, 11) is 1.90. The second kappa shape index (κ2) is 4.07. The molecule has 13 heavy (non-hydrogen) atoms. The lowest BCUT2D eigenvalue weighted by atomic mass is 10.2. The van der Waals surface area contributed by atoms with E-state index >= 15 is 0 Å². The van der Waals surface area contributed by atoms with Crippen LogP contribution < -0.4 is 5.32 Å². The number of aromatic nitrogens is 2. The van der Waals surface area contributed by atoms with Crippen LogP contribution in [0.15, 0.2) is 12.5 Å². The minimum atomic E-state index is 0.0312. The molecule has 0 aliphatic heterocycles. The number of amides is 1. The van der Waals surface area contributed by atoms with E-state index in [1.54, 1.807) is 6.33 Å². The van der Waals surface area contributed by atoms with Crippen molar-refractivity contribution < 1.29 is 4.79 Å². The van der Waals surface area contributed by atoms with Crippen molar-refractivity contribution in [3.8, 4) is 0 Å². The highest BCUT2D eigenvalue weighted by molar-refractivity contribution is 5.77. The topological polar surface area (TPSA) is 46.9 Å². The molecule has 0 aliphatic rings. The van der Waals surface area contributed by atoms with Crippen molar-refractivity contribution >= 4 is 5.91 Å². The van der Waals surface area contributed by atoms with Gasteiger partial charge in [-0.05, 0) is 0 Å². The summed E-state index contributed by atoms with van der Waals surface area (Å²) in [5, 5.41) is 2.80. The number of carbonyl (C=O) groups is 1. The minimum absolute atomic E-state index is 0.0312. The van der Waals surface area contributed by atoms with E-state index in [1.165, 1.54) is 0 Å². The molecule has 0 fully saturated rings. The summed E-state index contributed by atoms with van der Waals surface area (Å²) in [4.78, 5) is 15.3. The van der Waals surface area contributed by atoms with Gasteiger partial charge in [-0.1, -0.05) is 13.8 Å². The molecule has 0 radical (unpaired) electrons. The molecule has 0 bridgehead atoms. The molecule has 0 unspecified atom stereocenters. The maximum atomic E-state index is 11.2. The van der Waals surface area contributed by atoms with Crippen LogP contribution in [0, 0.1) is 5.92 Å². The zero-order valence-electron chi connectivity index (χ0n) is 8.24. The Kier molecular flexibility index (Phi) is 3.06. The van der Waals surface area contributed by atoms with E-state index in [4.69, 9.17) is 0 Å². The van der Waals surface area contributed by atoms with Gasteiger partial charge in [0, 0.05) is 19.2 Å². The summed E-state index contributed by atoms with van der Waals surface area (Å²) >= 11 is 0. The highest BCUT2D eigenvalue weighted by Gasteiger charge is 2.06. The maximum absolute atomic E-state index is 11.2. The van der Waals surface area contributed by atoms with Crippen molar-refractivity contribution in [1.82, 2.24) is 14.9 Å². The van der Waals surface area contributed by atoms with Crippen LogP contribution in [-0.4, -0.2) is 15.5 Å². The number of rotatable bonds is 3. The fourth-order valence-corrected chi connectivity index (χ4v) is 0.940. The van der Waals surface area contributed by atoms with Crippen LogP contribution in [0.5, 0.6) is 0 Å². The molecule has 4 heteroatoms. The third kappa shape index (κ3) is 2.89. The highest BCUT2D eigenvalue weighted by Crippen LogP contribution is 1.95.